The lowest BCUT2D eigenvalue weighted by Gasteiger charge is -2.15. The second kappa shape index (κ2) is 7.82. The second-order valence-electron chi connectivity index (χ2n) is 5.43. The minimum absolute atomic E-state index is 0.0563. The van der Waals surface area contributed by atoms with Crippen LogP contribution in [0.3, 0.4) is 0 Å². The molecule has 1 rings (SSSR count). The first-order valence-corrected chi connectivity index (χ1v) is 6.94. The molecule has 19 heavy (non-hydrogen) atoms. The summed E-state index contributed by atoms with van der Waals surface area (Å²) in [5, 5.41) is 3.04. The van der Waals surface area contributed by atoms with Gasteiger partial charge in [-0.2, -0.15) is 0 Å². The average Bonchev–Trinajstić information content (AvgIpc) is 2.37. The molecule has 1 aromatic carbocycles. The van der Waals surface area contributed by atoms with Crippen molar-refractivity contribution in [3.05, 3.63) is 29.8 Å². The van der Waals surface area contributed by atoms with E-state index in [9.17, 15) is 4.79 Å². The molecule has 1 atom stereocenters. The quantitative estimate of drug-likeness (QED) is 0.820. The van der Waals surface area contributed by atoms with Crippen LogP contribution >= 0.6 is 0 Å². The summed E-state index contributed by atoms with van der Waals surface area (Å²) in [4.78, 5) is 12.0. The Hall–Kier alpha value is -1.51. The van der Waals surface area contributed by atoms with Crippen LogP contribution in [0.4, 0.5) is 0 Å². The molecule has 0 heterocycles. The maximum absolute atomic E-state index is 12.0. The summed E-state index contributed by atoms with van der Waals surface area (Å²) in [6, 6.07) is 7.87. The van der Waals surface area contributed by atoms with Gasteiger partial charge >= 0.3 is 0 Å². The van der Waals surface area contributed by atoms with Gasteiger partial charge in [-0.3, -0.25) is 4.79 Å². The molecular weight excluding hydrogens is 238 g/mol. The van der Waals surface area contributed by atoms with Crippen LogP contribution in [-0.2, 0) is 11.2 Å². The molecule has 0 aliphatic heterocycles. The van der Waals surface area contributed by atoms with Crippen LogP contribution in [0.2, 0.25) is 0 Å². The third-order valence-electron chi connectivity index (χ3n) is 3.13. The van der Waals surface area contributed by atoms with Crippen LogP contribution in [0, 0.1) is 5.92 Å². The molecule has 0 spiro atoms. The average molecular weight is 263 g/mol. The van der Waals surface area contributed by atoms with Crippen LogP contribution in [0.15, 0.2) is 24.3 Å². The van der Waals surface area contributed by atoms with Crippen molar-refractivity contribution in [3.8, 4) is 5.75 Å². The minimum atomic E-state index is 0.0563. The molecule has 0 aliphatic carbocycles. The molecule has 1 unspecified atom stereocenters. The summed E-state index contributed by atoms with van der Waals surface area (Å²) >= 11 is 0. The lowest BCUT2D eigenvalue weighted by molar-refractivity contribution is -0.121. The van der Waals surface area contributed by atoms with E-state index in [4.69, 9.17) is 4.74 Å². The van der Waals surface area contributed by atoms with Gasteiger partial charge in [0.15, 0.2) is 0 Å². The lowest BCUT2D eigenvalue weighted by Crippen LogP contribution is -2.33. The standard InChI is InChI=1S/C16H25NO2/c1-12(2)9-10-13(3)17-16(18)11-14-7-5-6-8-15(14)19-4/h5-8,12-13H,9-11H2,1-4H3,(H,17,18). The van der Waals surface area contributed by atoms with Gasteiger partial charge in [0.2, 0.25) is 5.91 Å². The Balaban J connectivity index is 2.46. The normalized spacial score (nSPS) is 12.3. The van der Waals surface area contributed by atoms with Crippen molar-refractivity contribution < 1.29 is 9.53 Å². The van der Waals surface area contributed by atoms with Gasteiger partial charge in [0.05, 0.1) is 13.5 Å². The molecule has 0 bridgehead atoms. The molecular formula is C16H25NO2. The van der Waals surface area contributed by atoms with Crippen LogP contribution in [-0.4, -0.2) is 19.1 Å². The summed E-state index contributed by atoms with van der Waals surface area (Å²) in [5.41, 5.74) is 0.929. The van der Waals surface area contributed by atoms with Crippen molar-refractivity contribution in [2.45, 2.75) is 46.1 Å². The Bertz CT molecular complexity index is 401. The zero-order valence-electron chi connectivity index (χ0n) is 12.4. The van der Waals surface area contributed by atoms with Crippen LogP contribution < -0.4 is 10.1 Å². The smallest absolute Gasteiger partial charge is 0.224 e. The Kier molecular flexibility index (Phi) is 6.40. The van der Waals surface area contributed by atoms with Crippen molar-refractivity contribution in [1.82, 2.24) is 5.32 Å². The second-order valence-corrected chi connectivity index (χ2v) is 5.43. The first-order valence-electron chi connectivity index (χ1n) is 6.94. The fraction of sp³-hybridized carbons (Fsp3) is 0.562. The Morgan fingerprint density at radius 1 is 1.21 bits per heavy atom. The number of hydrogen-bond donors (Lipinski definition) is 1. The molecule has 1 aromatic rings. The highest BCUT2D eigenvalue weighted by atomic mass is 16.5. The van der Waals surface area contributed by atoms with Gasteiger partial charge in [-0.15, -0.1) is 0 Å². The highest BCUT2D eigenvalue weighted by molar-refractivity contribution is 5.79. The van der Waals surface area contributed by atoms with Crippen molar-refractivity contribution in [2.24, 2.45) is 5.92 Å². The number of methoxy groups -OCH3 is 1. The molecule has 1 N–H and O–H groups in total. The van der Waals surface area contributed by atoms with E-state index in [0.717, 1.165) is 24.2 Å². The highest BCUT2D eigenvalue weighted by Gasteiger charge is 2.11. The maximum Gasteiger partial charge on any atom is 0.224 e. The predicted octanol–water partition coefficient (Wildman–Crippen LogP) is 3.18. The summed E-state index contributed by atoms with van der Waals surface area (Å²) in [5.74, 6) is 1.50. The number of ether oxygens (including phenoxy) is 1. The van der Waals surface area contributed by atoms with Gasteiger partial charge in [-0.25, -0.2) is 0 Å². The highest BCUT2D eigenvalue weighted by Crippen LogP contribution is 2.17. The summed E-state index contributed by atoms with van der Waals surface area (Å²) in [7, 11) is 1.63. The van der Waals surface area contributed by atoms with Crippen molar-refractivity contribution in [3.63, 3.8) is 0 Å². The van der Waals surface area contributed by atoms with E-state index >= 15 is 0 Å². The minimum Gasteiger partial charge on any atom is -0.496 e. The van der Waals surface area contributed by atoms with Crippen LogP contribution in [0.1, 0.15) is 39.2 Å². The Morgan fingerprint density at radius 2 is 1.89 bits per heavy atom. The van der Waals surface area contributed by atoms with E-state index in [1.807, 2.05) is 24.3 Å². The topological polar surface area (TPSA) is 38.3 Å². The van der Waals surface area contributed by atoms with Crippen molar-refractivity contribution in [1.29, 1.82) is 0 Å². The van der Waals surface area contributed by atoms with E-state index in [2.05, 4.69) is 26.1 Å². The largest absolute Gasteiger partial charge is 0.496 e. The third-order valence-corrected chi connectivity index (χ3v) is 3.13. The molecule has 0 aromatic heterocycles. The van der Waals surface area contributed by atoms with E-state index in [-0.39, 0.29) is 11.9 Å². The summed E-state index contributed by atoms with van der Waals surface area (Å²) in [6.07, 6.45) is 2.53. The monoisotopic (exact) mass is 263 g/mol. The molecule has 0 saturated carbocycles. The Labute approximate surface area is 116 Å². The molecule has 0 aliphatic rings. The van der Waals surface area contributed by atoms with E-state index in [0.29, 0.717) is 12.3 Å². The molecule has 0 fully saturated rings. The van der Waals surface area contributed by atoms with Gasteiger partial charge in [-0.05, 0) is 31.7 Å². The van der Waals surface area contributed by atoms with Crippen molar-refractivity contribution in [2.75, 3.05) is 7.11 Å². The fourth-order valence-corrected chi connectivity index (χ4v) is 2.00. The fourth-order valence-electron chi connectivity index (χ4n) is 2.00. The van der Waals surface area contributed by atoms with Gasteiger partial charge < -0.3 is 10.1 Å². The molecule has 1 amide bonds. The summed E-state index contributed by atoms with van der Waals surface area (Å²) in [6.45, 7) is 6.45. The SMILES string of the molecule is COc1ccccc1CC(=O)NC(C)CCC(C)C. The van der Waals surface area contributed by atoms with Gasteiger partial charge in [-0.1, -0.05) is 32.0 Å². The number of benzene rings is 1. The Morgan fingerprint density at radius 3 is 2.53 bits per heavy atom. The maximum atomic E-state index is 12.0. The first-order chi connectivity index (χ1) is 9.02. The number of rotatable bonds is 7. The molecule has 106 valence electrons. The van der Waals surface area contributed by atoms with Gasteiger partial charge in [0.1, 0.15) is 5.75 Å². The van der Waals surface area contributed by atoms with Crippen molar-refractivity contribution >= 4 is 5.91 Å². The van der Waals surface area contributed by atoms with Gasteiger partial charge in [0.25, 0.3) is 0 Å². The first kappa shape index (κ1) is 15.5. The third kappa shape index (κ3) is 5.77. The molecule has 3 heteroatoms. The van der Waals surface area contributed by atoms with E-state index in [1.54, 1.807) is 7.11 Å². The summed E-state index contributed by atoms with van der Waals surface area (Å²) < 4.78 is 5.25. The molecule has 0 saturated heterocycles. The lowest BCUT2D eigenvalue weighted by atomic mass is 10.0. The molecule has 3 nitrogen and oxygen atoms in total. The number of carbonyl (C=O) groups is 1. The molecule has 0 radical (unpaired) electrons. The van der Waals surface area contributed by atoms with E-state index in [1.165, 1.54) is 0 Å². The van der Waals surface area contributed by atoms with Gasteiger partial charge in [0, 0.05) is 11.6 Å². The zero-order valence-corrected chi connectivity index (χ0v) is 12.4. The zero-order chi connectivity index (χ0) is 14.3. The van der Waals surface area contributed by atoms with Crippen LogP contribution in [0.5, 0.6) is 5.75 Å². The van der Waals surface area contributed by atoms with E-state index < -0.39 is 0 Å². The number of para-hydroxylation sites is 1. The number of nitrogens with one attached hydrogen (secondary N) is 1. The number of amides is 1. The number of hydrogen-bond acceptors (Lipinski definition) is 2. The number of carbonyl (C=O) groups excluding carboxylic acids is 1. The predicted molar refractivity (Wildman–Crippen MR) is 78.4 cm³/mol. The van der Waals surface area contributed by atoms with Crippen LogP contribution in [0.25, 0.3) is 0 Å².